The minimum atomic E-state index is -0.310. The van der Waals surface area contributed by atoms with Gasteiger partial charge in [0.15, 0.2) is 11.5 Å². The van der Waals surface area contributed by atoms with Crippen LogP contribution in [-0.2, 0) is 13.1 Å². The van der Waals surface area contributed by atoms with Crippen molar-refractivity contribution in [3.8, 4) is 34.1 Å². The number of imidazole rings is 1. The van der Waals surface area contributed by atoms with Gasteiger partial charge in [0.2, 0.25) is 0 Å². The molecule has 7 nitrogen and oxygen atoms in total. The lowest BCUT2D eigenvalue weighted by molar-refractivity contribution is 0.209. The van der Waals surface area contributed by atoms with E-state index in [1.807, 2.05) is 55.8 Å². The number of ether oxygens (including phenoxy) is 3. The van der Waals surface area contributed by atoms with Crippen LogP contribution in [0.15, 0.2) is 60.9 Å². The van der Waals surface area contributed by atoms with Gasteiger partial charge in [0, 0.05) is 43.7 Å². The van der Waals surface area contributed by atoms with E-state index in [1.54, 1.807) is 32.5 Å². The second-order valence-electron chi connectivity index (χ2n) is 9.33. The van der Waals surface area contributed by atoms with Crippen LogP contribution >= 0.6 is 0 Å². The van der Waals surface area contributed by atoms with Crippen LogP contribution in [0.2, 0.25) is 0 Å². The first kappa shape index (κ1) is 27.0. The zero-order valence-corrected chi connectivity index (χ0v) is 22.4. The number of phenols is 1. The largest absolute Gasteiger partial charge is 0.504 e. The molecule has 0 fully saturated rings. The molecule has 0 radical (unpaired) electrons. The Morgan fingerprint density at radius 2 is 1.71 bits per heavy atom. The lowest BCUT2D eigenvalue weighted by atomic mass is 9.97. The Hall–Kier alpha value is -4.04. The predicted octanol–water partition coefficient (Wildman–Crippen LogP) is 5.63. The molecule has 200 valence electrons. The van der Waals surface area contributed by atoms with E-state index in [2.05, 4.69) is 10.3 Å². The van der Waals surface area contributed by atoms with Gasteiger partial charge in [-0.1, -0.05) is 6.07 Å². The van der Waals surface area contributed by atoms with Crippen molar-refractivity contribution in [3.05, 3.63) is 89.3 Å². The molecule has 8 heteroatoms. The second kappa shape index (κ2) is 12.0. The molecule has 3 aromatic carbocycles. The van der Waals surface area contributed by atoms with Gasteiger partial charge in [-0.25, -0.2) is 9.37 Å². The van der Waals surface area contributed by atoms with E-state index < -0.39 is 0 Å². The Bertz CT molecular complexity index is 1380. The van der Waals surface area contributed by atoms with Crippen molar-refractivity contribution < 1.29 is 23.7 Å². The number of hydrogen-bond donors (Lipinski definition) is 2. The lowest BCUT2D eigenvalue weighted by Gasteiger charge is -2.21. The second-order valence-corrected chi connectivity index (χ2v) is 9.33. The summed E-state index contributed by atoms with van der Waals surface area (Å²) in [5, 5.41) is 14.5. The molecule has 1 heterocycles. The Balaban J connectivity index is 1.55. The van der Waals surface area contributed by atoms with E-state index in [1.165, 1.54) is 12.1 Å². The third-order valence-corrected chi connectivity index (χ3v) is 6.38. The van der Waals surface area contributed by atoms with Gasteiger partial charge in [0.25, 0.3) is 0 Å². The third-order valence-electron chi connectivity index (χ3n) is 6.38. The van der Waals surface area contributed by atoms with E-state index in [-0.39, 0.29) is 17.7 Å². The number of nitrogens with zero attached hydrogens (tertiary/aromatic N) is 2. The van der Waals surface area contributed by atoms with Crippen molar-refractivity contribution >= 4 is 0 Å². The summed E-state index contributed by atoms with van der Waals surface area (Å²) in [5.74, 6) is 2.40. The summed E-state index contributed by atoms with van der Waals surface area (Å²) in [6.07, 6.45) is 3.37. The van der Waals surface area contributed by atoms with Crippen LogP contribution in [0.3, 0.4) is 0 Å². The number of aromatic nitrogens is 2. The van der Waals surface area contributed by atoms with Crippen molar-refractivity contribution in [1.29, 1.82) is 0 Å². The summed E-state index contributed by atoms with van der Waals surface area (Å²) in [6, 6.07) is 14.0. The van der Waals surface area contributed by atoms with Gasteiger partial charge >= 0.3 is 0 Å². The molecule has 1 unspecified atom stereocenters. The number of nitrogens with one attached hydrogen (secondary N) is 1. The Morgan fingerprint density at radius 1 is 0.974 bits per heavy atom. The molecule has 0 aliphatic heterocycles. The highest BCUT2D eigenvalue weighted by atomic mass is 19.1. The number of hydrogen-bond acceptors (Lipinski definition) is 6. The fraction of sp³-hybridized carbons (Fsp3) is 0.300. The summed E-state index contributed by atoms with van der Waals surface area (Å²) in [4.78, 5) is 4.28. The Kier molecular flexibility index (Phi) is 8.53. The van der Waals surface area contributed by atoms with Crippen LogP contribution in [-0.4, -0.2) is 41.5 Å². The third kappa shape index (κ3) is 6.44. The molecule has 1 aromatic heterocycles. The number of aromatic hydroxyl groups is 1. The van der Waals surface area contributed by atoms with Gasteiger partial charge < -0.3 is 29.2 Å². The van der Waals surface area contributed by atoms with Crippen molar-refractivity contribution in [2.75, 3.05) is 20.8 Å². The molecular formula is C30H34FN3O4. The summed E-state index contributed by atoms with van der Waals surface area (Å²) in [7, 11) is 3.24. The van der Waals surface area contributed by atoms with Crippen molar-refractivity contribution in [1.82, 2.24) is 14.9 Å². The van der Waals surface area contributed by atoms with Crippen molar-refractivity contribution in [3.63, 3.8) is 0 Å². The van der Waals surface area contributed by atoms with Gasteiger partial charge in [0.05, 0.1) is 14.2 Å². The first-order valence-electron chi connectivity index (χ1n) is 12.5. The minimum absolute atomic E-state index is 0.0309. The molecule has 38 heavy (non-hydrogen) atoms. The summed E-state index contributed by atoms with van der Waals surface area (Å²) in [5.41, 5.74) is 4.15. The maximum Gasteiger partial charge on any atom is 0.169 e. The van der Waals surface area contributed by atoms with Crippen LogP contribution < -0.4 is 19.5 Å². The van der Waals surface area contributed by atoms with Gasteiger partial charge in [-0.3, -0.25) is 0 Å². The molecule has 2 N–H and O–H groups in total. The zero-order chi connectivity index (χ0) is 27.2. The van der Waals surface area contributed by atoms with Gasteiger partial charge in [-0.15, -0.1) is 0 Å². The monoisotopic (exact) mass is 519 g/mol. The molecule has 4 aromatic rings. The number of benzene rings is 3. The van der Waals surface area contributed by atoms with Crippen molar-refractivity contribution in [2.45, 2.75) is 40.0 Å². The quantitative estimate of drug-likeness (QED) is 0.267. The van der Waals surface area contributed by atoms with Gasteiger partial charge in [-0.2, -0.15) is 0 Å². The topological polar surface area (TPSA) is 77.8 Å². The molecule has 0 bridgehead atoms. The Morgan fingerprint density at radius 3 is 2.34 bits per heavy atom. The molecule has 0 saturated carbocycles. The highest BCUT2D eigenvalue weighted by Crippen LogP contribution is 2.41. The molecule has 0 aliphatic carbocycles. The average Bonchev–Trinajstić information content (AvgIpc) is 3.29. The summed E-state index contributed by atoms with van der Waals surface area (Å²) in [6.45, 7) is 7.35. The molecule has 0 saturated heterocycles. The minimum Gasteiger partial charge on any atom is -0.504 e. The fourth-order valence-corrected chi connectivity index (χ4v) is 4.41. The van der Waals surface area contributed by atoms with Crippen molar-refractivity contribution in [2.24, 2.45) is 0 Å². The summed E-state index contributed by atoms with van der Waals surface area (Å²) >= 11 is 0. The number of aryl methyl sites for hydroxylation is 2. The Labute approximate surface area is 222 Å². The average molecular weight is 520 g/mol. The number of rotatable bonds is 11. The zero-order valence-electron chi connectivity index (χ0n) is 22.4. The van der Waals surface area contributed by atoms with E-state index in [9.17, 15) is 9.50 Å². The van der Waals surface area contributed by atoms with E-state index in [0.717, 1.165) is 39.6 Å². The molecule has 4 rings (SSSR count). The highest BCUT2D eigenvalue weighted by Gasteiger charge is 2.19. The highest BCUT2D eigenvalue weighted by molar-refractivity contribution is 5.77. The maximum atomic E-state index is 13.9. The maximum absolute atomic E-state index is 13.9. The molecule has 0 aliphatic rings. The standard InChI is InChI=1S/C30H34FN3O4/c1-19-10-24(31)6-7-27(19)28-13-23(18-34-9-8-33-21(34)3)14-29(35)30(28)38-20(2)16-32-17-22-11-25(36-4)15-26(12-22)37-5/h6-15,20,32,35H,16-18H2,1-5H3. The molecule has 0 amide bonds. The summed E-state index contributed by atoms with van der Waals surface area (Å²) < 4.78 is 32.9. The first-order chi connectivity index (χ1) is 18.3. The number of methoxy groups -OCH3 is 2. The van der Waals surface area contributed by atoms with Crippen LogP contribution in [0.4, 0.5) is 4.39 Å². The van der Waals surface area contributed by atoms with Gasteiger partial charge in [0.1, 0.15) is 29.2 Å². The van der Waals surface area contributed by atoms with E-state index in [4.69, 9.17) is 14.2 Å². The van der Waals surface area contributed by atoms with Crippen LogP contribution in [0, 0.1) is 19.7 Å². The lowest BCUT2D eigenvalue weighted by Crippen LogP contribution is -2.28. The normalized spacial score (nSPS) is 11.8. The first-order valence-corrected chi connectivity index (χ1v) is 12.5. The molecular weight excluding hydrogens is 485 g/mol. The fourth-order valence-electron chi connectivity index (χ4n) is 4.41. The van der Waals surface area contributed by atoms with Crippen LogP contribution in [0.5, 0.6) is 23.0 Å². The number of phenolic OH excluding ortho intramolecular Hbond substituents is 1. The van der Waals surface area contributed by atoms with E-state index >= 15 is 0 Å². The number of halogens is 1. The van der Waals surface area contributed by atoms with Crippen LogP contribution in [0.1, 0.15) is 29.4 Å². The van der Waals surface area contributed by atoms with Crippen LogP contribution in [0.25, 0.3) is 11.1 Å². The van der Waals surface area contributed by atoms with E-state index in [0.29, 0.717) is 30.9 Å². The molecule has 1 atom stereocenters. The SMILES string of the molecule is COc1cc(CNCC(C)Oc2c(O)cc(Cn3ccnc3C)cc2-c2ccc(F)cc2C)cc(OC)c1. The smallest absolute Gasteiger partial charge is 0.169 e. The van der Waals surface area contributed by atoms with Gasteiger partial charge in [-0.05, 0) is 79.4 Å². The molecule has 0 spiro atoms. The predicted molar refractivity (Wildman–Crippen MR) is 146 cm³/mol.